The van der Waals surface area contributed by atoms with E-state index in [0.29, 0.717) is 6.54 Å². The van der Waals surface area contributed by atoms with Gasteiger partial charge in [-0.1, -0.05) is 13.0 Å². The molecule has 1 saturated heterocycles. The van der Waals surface area contributed by atoms with E-state index in [4.69, 9.17) is 5.73 Å². The summed E-state index contributed by atoms with van der Waals surface area (Å²) in [5.41, 5.74) is 6.74. The summed E-state index contributed by atoms with van der Waals surface area (Å²) in [6, 6.07) is 4.06. The van der Waals surface area contributed by atoms with Crippen LogP contribution in [0, 0.1) is 5.92 Å². The Morgan fingerprint density at radius 3 is 2.76 bits per heavy atom. The Labute approximate surface area is 127 Å². The Balaban J connectivity index is 1.76. The molecule has 1 fully saturated rings. The minimum atomic E-state index is 0.0958. The molecular weight excluding hydrogens is 264 g/mol. The molecular formula is C16H26N4O. The Bertz CT molecular complexity index is 429. The van der Waals surface area contributed by atoms with Crippen molar-refractivity contribution in [3.63, 3.8) is 0 Å². The van der Waals surface area contributed by atoms with Crippen LogP contribution in [0.1, 0.15) is 25.3 Å². The first-order chi connectivity index (χ1) is 10.2. The summed E-state index contributed by atoms with van der Waals surface area (Å²) in [5.74, 6) is 0.378. The first kappa shape index (κ1) is 15.9. The van der Waals surface area contributed by atoms with E-state index < -0.39 is 0 Å². The molecule has 2 heterocycles. The molecule has 0 radical (unpaired) electrons. The Hall–Kier alpha value is -1.46. The third kappa shape index (κ3) is 4.79. The zero-order chi connectivity index (χ0) is 15.1. The van der Waals surface area contributed by atoms with Crippen molar-refractivity contribution in [2.45, 2.75) is 26.3 Å². The number of pyridine rings is 1. The van der Waals surface area contributed by atoms with Gasteiger partial charge >= 0.3 is 0 Å². The van der Waals surface area contributed by atoms with Gasteiger partial charge in [0.25, 0.3) is 0 Å². The van der Waals surface area contributed by atoms with E-state index in [1.54, 1.807) is 6.20 Å². The maximum absolute atomic E-state index is 12.3. The molecule has 2 N–H and O–H groups in total. The van der Waals surface area contributed by atoms with Gasteiger partial charge in [-0.15, -0.1) is 0 Å². The smallest absolute Gasteiger partial charge is 0.225 e. The number of amides is 1. The van der Waals surface area contributed by atoms with E-state index in [-0.39, 0.29) is 11.8 Å². The predicted octanol–water partition coefficient (Wildman–Crippen LogP) is 1.10. The topological polar surface area (TPSA) is 62.5 Å². The highest BCUT2D eigenvalue weighted by molar-refractivity contribution is 5.78. The van der Waals surface area contributed by atoms with Crippen molar-refractivity contribution in [3.05, 3.63) is 30.1 Å². The highest BCUT2D eigenvalue weighted by Gasteiger charge is 2.24. The monoisotopic (exact) mass is 290 g/mol. The van der Waals surface area contributed by atoms with E-state index in [0.717, 1.165) is 45.6 Å². The highest BCUT2D eigenvalue weighted by atomic mass is 16.2. The van der Waals surface area contributed by atoms with Crippen LogP contribution in [0.15, 0.2) is 24.5 Å². The van der Waals surface area contributed by atoms with Crippen molar-refractivity contribution in [2.24, 2.45) is 11.7 Å². The van der Waals surface area contributed by atoms with Gasteiger partial charge in [-0.25, -0.2) is 0 Å². The molecule has 1 aliphatic rings. The molecule has 116 valence electrons. The van der Waals surface area contributed by atoms with Gasteiger partial charge in [0.15, 0.2) is 0 Å². The number of carbonyl (C=O) groups excluding carboxylic acids is 1. The van der Waals surface area contributed by atoms with Gasteiger partial charge in [0.05, 0.1) is 0 Å². The van der Waals surface area contributed by atoms with Crippen LogP contribution < -0.4 is 5.73 Å². The molecule has 1 atom stereocenters. The molecule has 1 aliphatic heterocycles. The fourth-order valence-corrected chi connectivity index (χ4v) is 2.74. The molecule has 5 nitrogen and oxygen atoms in total. The molecule has 2 rings (SSSR count). The molecule has 1 aromatic heterocycles. The van der Waals surface area contributed by atoms with Crippen molar-refractivity contribution < 1.29 is 4.79 Å². The minimum Gasteiger partial charge on any atom is -0.340 e. The molecule has 21 heavy (non-hydrogen) atoms. The van der Waals surface area contributed by atoms with E-state index in [1.165, 1.54) is 5.56 Å². The normalized spacial score (nSPS) is 17.7. The second-order valence-electron chi connectivity index (χ2n) is 5.79. The summed E-state index contributed by atoms with van der Waals surface area (Å²) >= 11 is 0. The van der Waals surface area contributed by atoms with Crippen molar-refractivity contribution in [1.29, 1.82) is 0 Å². The number of aromatic nitrogens is 1. The lowest BCUT2D eigenvalue weighted by atomic mass is 10.0. The third-order valence-corrected chi connectivity index (χ3v) is 4.08. The number of rotatable bonds is 6. The van der Waals surface area contributed by atoms with Gasteiger partial charge in [0.1, 0.15) is 0 Å². The lowest BCUT2D eigenvalue weighted by molar-refractivity contribution is -0.137. The Morgan fingerprint density at radius 2 is 2.14 bits per heavy atom. The zero-order valence-corrected chi connectivity index (χ0v) is 12.9. The fourth-order valence-electron chi connectivity index (χ4n) is 2.74. The van der Waals surface area contributed by atoms with Crippen LogP contribution in [-0.4, -0.2) is 53.4 Å². The molecule has 1 aromatic rings. The number of piperazine rings is 1. The summed E-state index contributed by atoms with van der Waals surface area (Å²) < 4.78 is 0. The second kappa shape index (κ2) is 8.10. The first-order valence-electron chi connectivity index (χ1n) is 7.81. The fraction of sp³-hybridized carbons (Fsp3) is 0.625. The van der Waals surface area contributed by atoms with Gasteiger partial charge in [0, 0.05) is 51.0 Å². The molecule has 1 amide bonds. The van der Waals surface area contributed by atoms with Crippen molar-refractivity contribution >= 4 is 5.91 Å². The van der Waals surface area contributed by atoms with E-state index >= 15 is 0 Å². The van der Waals surface area contributed by atoms with E-state index in [9.17, 15) is 4.79 Å². The Kier molecular flexibility index (Phi) is 6.14. The molecule has 0 spiro atoms. The van der Waals surface area contributed by atoms with Gasteiger partial charge in [-0.2, -0.15) is 0 Å². The second-order valence-corrected chi connectivity index (χ2v) is 5.79. The molecule has 5 heteroatoms. The van der Waals surface area contributed by atoms with Crippen LogP contribution >= 0.6 is 0 Å². The number of nitrogens with two attached hydrogens (primary N) is 1. The average Bonchev–Trinajstić information content (AvgIpc) is 2.53. The van der Waals surface area contributed by atoms with Crippen LogP contribution in [0.4, 0.5) is 0 Å². The molecule has 0 aromatic carbocycles. The quantitative estimate of drug-likeness (QED) is 0.852. The molecule has 0 bridgehead atoms. The summed E-state index contributed by atoms with van der Waals surface area (Å²) in [5, 5.41) is 0. The zero-order valence-electron chi connectivity index (χ0n) is 12.9. The third-order valence-electron chi connectivity index (χ3n) is 4.08. The lowest BCUT2D eigenvalue weighted by Gasteiger charge is -2.36. The van der Waals surface area contributed by atoms with Crippen LogP contribution in [-0.2, 0) is 11.3 Å². The number of nitrogens with zero attached hydrogens (tertiary/aromatic N) is 3. The van der Waals surface area contributed by atoms with Gasteiger partial charge in [0.2, 0.25) is 5.91 Å². The number of hydrogen-bond acceptors (Lipinski definition) is 4. The van der Waals surface area contributed by atoms with Crippen LogP contribution in [0.3, 0.4) is 0 Å². The minimum absolute atomic E-state index is 0.0958. The summed E-state index contributed by atoms with van der Waals surface area (Å²) in [6.07, 6.45) is 5.52. The summed E-state index contributed by atoms with van der Waals surface area (Å²) in [4.78, 5) is 20.9. The summed E-state index contributed by atoms with van der Waals surface area (Å²) in [6.45, 7) is 7.11. The first-order valence-corrected chi connectivity index (χ1v) is 7.81. The molecule has 0 aliphatic carbocycles. The average molecular weight is 290 g/mol. The van der Waals surface area contributed by atoms with Crippen molar-refractivity contribution in [2.75, 3.05) is 32.7 Å². The van der Waals surface area contributed by atoms with Crippen LogP contribution in [0.5, 0.6) is 0 Å². The van der Waals surface area contributed by atoms with Gasteiger partial charge in [-0.3, -0.25) is 14.7 Å². The predicted molar refractivity (Wildman–Crippen MR) is 83.5 cm³/mol. The van der Waals surface area contributed by atoms with Crippen LogP contribution in [0.2, 0.25) is 0 Å². The van der Waals surface area contributed by atoms with Crippen molar-refractivity contribution in [1.82, 2.24) is 14.8 Å². The largest absolute Gasteiger partial charge is 0.340 e. The standard InChI is InChI=1S/C16H26N4O/c1-14(4-2-6-17)16(21)20-10-8-19(9-11-20)13-15-5-3-7-18-12-15/h3,5,7,12,14H,2,4,6,8-11,13,17H2,1H3. The van der Waals surface area contributed by atoms with Gasteiger partial charge in [-0.05, 0) is 31.0 Å². The SMILES string of the molecule is CC(CCCN)C(=O)N1CCN(Cc2cccnc2)CC1. The highest BCUT2D eigenvalue weighted by Crippen LogP contribution is 2.13. The maximum Gasteiger partial charge on any atom is 0.225 e. The summed E-state index contributed by atoms with van der Waals surface area (Å²) in [7, 11) is 0. The van der Waals surface area contributed by atoms with Crippen LogP contribution in [0.25, 0.3) is 0 Å². The number of carbonyl (C=O) groups is 1. The maximum atomic E-state index is 12.3. The lowest BCUT2D eigenvalue weighted by Crippen LogP contribution is -2.49. The molecule has 0 saturated carbocycles. The number of hydrogen-bond donors (Lipinski definition) is 1. The van der Waals surface area contributed by atoms with E-state index in [2.05, 4.69) is 16.0 Å². The Morgan fingerprint density at radius 1 is 1.38 bits per heavy atom. The van der Waals surface area contributed by atoms with Crippen molar-refractivity contribution in [3.8, 4) is 0 Å². The van der Waals surface area contributed by atoms with E-state index in [1.807, 2.05) is 24.1 Å². The van der Waals surface area contributed by atoms with Gasteiger partial charge < -0.3 is 10.6 Å². The molecule has 1 unspecified atom stereocenters.